The molecule has 0 N–H and O–H groups in total. The van der Waals surface area contributed by atoms with Crippen LogP contribution in [0.5, 0.6) is 0 Å². The molecular weight excluding hydrogens is 512 g/mol. The Bertz CT molecular complexity index is 1230. The highest BCUT2D eigenvalue weighted by molar-refractivity contribution is 6.03. The molecule has 40 heavy (non-hydrogen) atoms. The summed E-state index contributed by atoms with van der Waals surface area (Å²) in [5.41, 5.74) is -1.22. The molecule has 0 radical (unpaired) electrons. The molecule has 3 aliphatic carbocycles. The van der Waals surface area contributed by atoms with Gasteiger partial charge in [-0.05, 0) is 54.1 Å². The molecule has 3 fully saturated rings. The maximum Gasteiger partial charge on any atom is 0.310 e. The van der Waals surface area contributed by atoms with Gasteiger partial charge in [0.15, 0.2) is 5.60 Å². The first-order valence-corrected chi connectivity index (χ1v) is 14.3. The number of fused-ring (bicyclic) bond motifs is 2. The second kappa shape index (κ2) is 10.1. The van der Waals surface area contributed by atoms with E-state index in [1.165, 1.54) is 13.8 Å². The minimum Gasteiger partial charge on any atom is -0.461 e. The van der Waals surface area contributed by atoms with Gasteiger partial charge in [-0.15, -0.1) is 0 Å². The maximum absolute atomic E-state index is 14.5. The van der Waals surface area contributed by atoms with Gasteiger partial charge in [0.25, 0.3) is 0 Å². The second-order valence-corrected chi connectivity index (χ2v) is 12.9. The van der Waals surface area contributed by atoms with E-state index in [0.717, 1.165) is 12.0 Å². The molecule has 0 aromatic heterocycles. The number of esters is 3. The molecule has 5 rings (SSSR count). The highest BCUT2D eigenvalue weighted by atomic mass is 16.6. The van der Waals surface area contributed by atoms with Crippen molar-refractivity contribution in [2.75, 3.05) is 6.61 Å². The average molecular weight is 553 g/mol. The van der Waals surface area contributed by atoms with Gasteiger partial charge in [0.2, 0.25) is 5.78 Å². The Morgan fingerprint density at radius 2 is 1.73 bits per heavy atom. The Morgan fingerprint density at radius 1 is 1.05 bits per heavy atom. The van der Waals surface area contributed by atoms with Gasteiger partial charge in [-0.1, -0.05) is 57.2 Å². The molecule has 1 spiro atoms. The molecule has 2 saturated carbocycles. The Balaban J connectivity index is 1.61. The predicted molar refractivity (Wildman–Crippen MR) is 145 cm³/mol. The standard InChI is InChI=1S/C32H40O8/c1-18-14-24-23(30(24,5)6)12-13-31(17-37-31)29(38-20(3)33)26-27(39-25(35)15-22-10-8-7-9-11-22)19(2)16-32(26,28(18)36)40-21(4)34/h7-11,14,19,23-24,26-27,29H,12-13,15-17H2,1-6H3/t19-,23-,24+,26+,27-,29+,31-,32+/m0/s1. The zero-order chi connectivity index (χ0) is 29.0. The summed E-state index contributed by atoms with van der Waals surface area (Å²) in [6, 6.07) is 9.25. The summed E-state index contributed by atoms with van der Waals surface area (Å²) in [4.78, 5) is 52.9. The number of allylic oxidation sites excluding steroid dienone is 1. The molecular formula is C32H40O8. The first-order chi connectivity index (χ1) is 18.8. The van der Waals surface area contributed by atoms with Crippen LogP contribution in [0.15, 0.2) is 42.0 Å². The number of ketones is 1. The normalized spacial score (nSPS) is 37.8. The number of hydrogen-bond donors (Lipinski definition) is 0. The number of hydrogen-bond acceptors (Lipinski definition) is 8. The van der Waals surface area contributed by atoms with E-state index in [9.17, 15) is 19.2 Å². The summed E-state index contributed by atoms with van der Waals surface area (Å²) in [6.07, 6.45) is 1.85. The molecule has 1 heterocycles. The van der Waals surface area contributed by atoms with Crippen LogP contribution in [-0.2, 0) is 44.5 Å². The Labute approximate surface area is 235 Å². The number of epoxide rings is 1. The lowest BCUT2D eigenvalue weighted by Gasteiger charge is -2.41. The molecule has 8 atom stereocenters. The van der Waals surface area contributed by atoms with E-state index >= 15 is 0 Å². The van der Waals surface area contributed by atoms with Gasteiger partial charge in [0.1, 0.15) is 17.8 Å². The molecule has 0 amide bonds. The number of carbonyl (C=O) groups excluding carboxylic acids is 4. The number of carbonyl (C=O) groups is 4. The van der Waals surface area contributed by atoms with Gasteiger partial charge < -0.3 is 18.9 Å². The van der Waals surface area contributed by atoms with Crippen LogP contribution in [0.4, 0.5) is 0 Å². The van der Waals surface area contributed by atoms with Crippen molar-refractivity contribution in [1.82, 2.24) is 0 Å². The highest BCUT2D eigenvalue weighted by Gasteiger charge is 2.71. The topological polar surface area (TPSA) is 108 Å². The Kier molecular flexibility index (Phi) is 7.22. The van der Waals surface area contributed by atoms with Crippen LogP contribution in [0.3, 0.4) is 0 Å². The molecule has 1 aromatic carbocycles. The largest absolute Gasteiger partial charge is 0.461 e. The summed E-state index contributed by atoms with van der Waals surface area (Å²) in [5, 5.41) is 0. The fraction of sp³-hybridized carbons (Fsp3) is 0.625. The van der Waals surface area contributed by atoms with Crippen LogP contribution in [0, 0.1) is 29.1 Å². The predicted octanol–water partition coefficient (Wildman–Crippen LogP) is 4.38. The van der Waals surface area contributed by atoms with Crippen LogP contribution >= 0.6 is 0 Å². The quantitative estimate of drug-likeness (QED) is 0.301. The first-order valence-electron chi connectivity index (χ1n) is 14.3. The molecule has 1 aromatic rings. The lowest BCUT2D eigenvalue weighted by molar-refractivity contribution is -0.190. The molecule has 216 valence electrons. The monoisotopic (exact) mass is 552 g/mol. The summed E-state index contributed by atoms with van der Waals surface area (Å²) < 4.78 is 24.2. The fourth-order valence-electron chi connectivity index (χ4n) is 7.55. The third kappa shape index (κ3) is 5.00. The maximum atomic E-state index is 14.5. The molecule has 8 nitrogen and oxygen atoms in total. The van der Waals surface area contributed by atoms with Crippen LogP contribution in [0.1, 0.15) is 66.4 Å². The van der Waals surface area contributed by atoms with Crippen molar-refractivity contribution in [3.63, 3.8) is 0 Å². The third-order valence-electron chi connectivity index (χ3n) is 9.71. The van der Waals surface area contributed by atoms with E-state index < -0.39 is 47.2 Å². The molecule has 0 bridgehead atoms. The number of Topliss-reactive ketones (excluding diaryl/α,β-unsaturated/α-hetero) is 1. The second-order valence-electron chi connectivity index (χ2n) is 12.9. The lowest BCUT2D eigenvalue weighted by atomic mass is 9.74. The van der Waals surface area contributed by atoms with Gasteiger partial charge in [0, 0.05) is 20.3 Å². The molecule has 1 saturated heterocycles. The summed E-state index contributed by atoms with van der Waals surface area (Å²) in [6.45, 7) is 11.0. The summed E-state index contributed by atoms with van der Waals surface area (Å²) in [5.74, 6) is -2.72. The van der Waals surface area contributed by atoms with Gasteiger partial charge in [-0.3, -0.25) is 19.2 Å². The lowest BCUT2D eigenvalue weighted by Crippen LogP contribution is -2.58. The van der Waals surface area contributed by atoms with Crippen molar-refractivity contribution in [2.45, 2.75) is 90.6 Å². The molecule has 1 aliphatic heterocycles. The van der Waals surface area contributed by atoms with E-state index in [2.05, 4.69) is 13.8 Å². The number of benzene rings is 1. The Hall–Kier alpha value is -3.00. The highest BCUT2D eigenvalue weighted by Crippen LogP contribution is 2.64. The minimum absolute atomic E-state index is 0.0141. The van der Waals surface area contributed by atoms with Crippen molar-refractivity contribution in [3.05, 3.63) is 47.5 Å². The van der Waals surface area contributed by atoms with Crippen molar-refractivity contribution in [2.24, 2.45) is 29.1 Å². The van der Waals surface area contributed by atoms with Gasteiger partial charge in [0.05, 0.1) is 18.9 Å². The smallest absolute Gasteiger partial charge is 0.310 e. The van der Waals surface area contributed by atoms with Crippen LogP contribution in [0.25, 0.3) is 0 Å². The van der Waals surface area contributed by atoms with Crippen LogP contribution in [-0.4, -0.2) is 53.7 Å². The fourth-order valence-corrected chi connectivity index (χ4v) is 7.55. The molecule has 0 unspecified atom stereocenters. The SMILES string of the molecule is CC(=O)O[C@@H]1[C@H]2[C@@H](OC(=O)Cc3ccccc3)[C@@H](C)C[C@]2(OC(C)=O)C(=O)C(C)=C[C@@H]2[C@H](CC[C@]13CO3)C2(C)C. The van der Waals surface area contributed by atoms with E-state index in [0.29, 0.717) is 24.5 Å². The summed E-state index contributed by atoms with van der Waals surface area (Å²) >= 11 is 0. The van der Waals surface area contributed by atoms with Gasteiger partial charge >= 0.3 is 17.9 Å². The first kappa shape index (κ1) is 28.5. The van der Waals surface area contributed by atoms with Gasteiger partial charge in [-0.25, -0.2) is 0 Å². The van der Waals surface area contributed by atoms with E-state index in [1.807, 2.05) is 43.3 Å². The third-order valence-corrected chi connectivity index (χ3v) is 9.71. The minimum atomic E-state index is -1.68. The zero-order valence-electron chi connectivity index (χ0n) is 24.2. The average Bonchev–Trinajstić information content (AvgIpc) is 3.73. The summed E-state index contributed by atoms with van der Waals surface area (Å²) in [7, 11) is 0. The zero-order valence-corrected chi connectivity index (χ0v) is 24.2. The van der Waals surface area contributed by atoms with Crippen LogP contribution < -0.4 is 0 Å². The van der Waals surface area contributed by atoms with Crippen molar-refractivity contribution < 1.29 is 38.1 Å². The Morgan fingerprint density at radius 3 is 2.33 bits per heavy atom. The number of rotatable bonds is 5. The van der Waals surface area contributed by atoms with Crippen LogP contribution in [0.2, 0.25) is 0 Å². The van der Waals surface area contributed by atoms with E-state index in [-0.39, 0.29) is 35.9 Å². The van der Waals surface area contributed by atoms with E-state index in [1.54, 1.807) is 6.92 Å². The molecule has 8 heteroatoms. The van der Waals surface area contributed by atoms with Crippen molar-refractivity contribution >= 4 is 23.7 Å². The van der Waals surface area contributed by atoms with E-state index in [4.69, 9.17) is 18.9 Å². The number of ether oxygens (including phenoxy) is 4. The van der Waals surface area contributed by atoms with Crippen molar-refractivity contribution in [1.29, 1.82) is 0 Å². The van der Waals surface area contributed by atoms with Gasteiger partial charge in [-0.2, -0.15) is 0 Å². The molecule has 4 aliphatic rings. The van der Waals surface area contributed by atoms with Crippen molar-refractivity contribution in [3.8, 4) is 0 Å².